The second-order valence-electron chi connectivity index (χ2n) is 3.88. The highest BCUT2D eigenvalue weighted by atomic mass is 16.3. The van der Waals surface area contributed by atoms with E-state index >= 15 is 0 Å². The fourth-order valence-corrected chi connectivity index (χ4v) is 1.90. The van der Waals surface area contributed by atoms with Gasteiger partial charge < -0.3 is 5.11 Å². The van der Waals surface area contributed by atoms with Crippen LogP contribution in [0.15, 0.2) is 11.6 Å². The van der Waals surface area contributed by atoms with E-state index in [-0.39, 0.29) is 0 Å². The van der Waals surface area contributed by atoms with Crippen LogP contribution in [0.25, 0.3) is 0 Å². The number of hydrogen-bond acceptors (Lipinski definition) is 1. The number of hydrogen-bond donors (Lipinski definition) is 1. The summed E-state index contributed by atoms with van der Waals surface area (Å²) in [6.07, 6.45) is 13.1. The van der Waals surface area contributed by atoms with Crippen molar-refractivity contribution in [1.82, 2.24) is 0 Å². The van der Waals surface area contributed by atoms with Gasteiger partial charge in [-0.15, -0.1) is 6.42 Å². The predicted molar refractivity (Wildman–Crippen MR) is 55.2 cm³/mol. The maximum Gasteiger partial charge on any atom is 0.135 e. The zero-order valence-corrected chi connectivity index (χ0v) is 8.29. The van der Waals surface area contributed by atoms with E-state index in [1.54, 1.807) is 0 Å². The Balaban J connectivity index is 2.48. The minimum Gasteiger partial charge on any atom is -0.376 e. The average Bonchev–Trinajstić information content (AvgIpc) is 2.18. The molecule has 1 fully saturated rings. The van der Waals surface area contributed by atoms with Crippen LogP contribution in [-0.2, 0) is 0 Å². The molecule has 1 heteroatoms. The molecular weight excluding hydrogens is 160 g/mol. The fraction of sp³-hybridized carbons (Fsp3) is 0.667. The first-order valence-corrected chi connectivity index (χ1v) is 5.06. The van der Waals surface area contributed by atoms with Gasteiger partial charge in [0.15, 0.2) is 0 Å². The minimum atomic E-state index is -0.679. The molecule has 1 atom stereocenters. The van der Waals surface area contributed by atoms with Crippen molar-refractivity contribution in [2.75, 3.05) is 0 Å². The molecule has 0 amide bonds. The molecule has 0 aromatic rings. The van der Waals surface area contributed by atoms with Crippen LogP contribution in [0.1, 0.15) is 39.0 Å². The first-order chi connectivity index (χ1) is 6.24. The molecule has 1 N–H and O–H groups in total. The van der Waals surface area contributed by atoms with Gasteiger partial charge in [-0.3, -0.25) is 0 Å². The summed E-state index contributed by atoms with van der Waals surface area (Å²) in [4.78, 5) is 0. The Hall–Kier alpha value is -0.740. The van der Waals surface area contributed by atoms with E-state index in [1.807, 2.05) is 6.92 Å². The molecule has 13 heavy (non-hydrogen) atoms. The van der Waals surface area contributed by atoms with Crippen molar-refractivity contribution in [3.8, 4) is 12.3 Å². The normalized spacial score (nSPS) is 22.4. The van der Waals surface area contributed by atoms with E-state index in [1.165, 1.54) is 32.1 Å². The lowest BCUT2D eigenvalue weighted by molar-refractivity contribution is 0.266. The van der Waals surface area contributed by atoms with E-state index in [4.69, 9.17) is 6.42 Å². The third kappa shape index (κ3) is 3.24. The first kappa shape index (κ1) is 10.3. The molecule has 0 aliphatic heterocycles. The lowest BCUT2D eigenvalue weighted by atomic mass is 9.87. The summed E-state index contributed by atoms with van der Waals surface area (Å²) in [5.41, 5.74) is 0.939. The van der Waals surface area contributed by atoms with E-state index < -0.39 is 6.10 Å². The number of allylic oxidation sites excluding steroid dienone is 1. The highest BCUT2D eigenvalue weighted by molar-refractivity contribution is 5.17. The molecule has 0 radical (unpaired) electrons. The molecule has 72 valence electrons. The average molecular weight is 178 g/mol. The Bertz CT molecular complexity index is 216. The van der Waals surface area contributed by atoms with E-state index in [0.29, 0.717) is 5.92 Å². The summed E-state index contributed by atoms with van der Waals surface area (Å²) in [6.45, 7) is 1.92. The maximum atomic E-state index is 9.35. The summed E-state index contributed by atoms with van der Waals surface area (Å²) in [5, 5.41) is 9.35. The highest BCUT2D eigenvalue weighted by Gasteiger charge is 2.12. The van der Waals surface area contributed by atoms with Crippen LogP contribution >= 0.6 is 0 Å². The quantitative estimate of drug-likeness (QED) is 0.509. The van der Waals surface area contributed by atoms with Crippen LogP contribution in [0.5, 0.6) is 0 Å². The van der Waals surface area contributed by atoms with Gasteiger partial charge >= 0.3 is 0 Å². The monoisotopic (exact) mass is 178 g/mol. The summed E-state index contributed by atoms with van der Waals surface area (Å²) >= 11 is 0. The molecular formula is C12H18O. The van der Waals surface area contributed by atoms with Crippen molar-refractivity contribution in [2.45, 2.75) is 45.1 Å². The van der Waals surface area contributed by atoms with Crippen LogP contribution in [0, 0.1) is 18.3 Å². The van der Waals surface area contributed by atoms with Crippen LogP contribution in [0.4, 0.5) is 0 Å². The molecule has 0 heterocycles. The third-order valence-electron chi connectivity index (χ3n) is 2.74. The zero-order chi connectivity index (χ0) is 9.68. The molecule has 1 unspecified atom stereocenters. The van der Waals surface area contributed by atoms with E-state index in [9.17, 15) is 5.11 Å². The molecule has 0 saturated heterocycles. The van der Waals surface area contributed by atoms with Gasteiger partial charge in [-0.05, 0) is 31.3 Å². The molecule has 1 nitrogen and oxygen atoms in total. The Morgan fingerprint density at radius 3 is 2.62 bits per heavy atom. The molecule has 1 aliphatic carbocycles. The van der Waals surface area contributed by atoms with Crippen LogP contribution < -0.4 is 0 Å². The molecule has 1 saturated carbocycles. The summed E-state index contributed by atoms with van der Waals surface area (Å²) < 4.78 is 0. The molecule has 1 rings (SSSR count). The highest BCUT2D eigenvalue weighted by Crippen LogP contribution is 2.25. The van der Waals surface area contributed by atoms with Gasteiger partial charge in [-0.25, -0.2) is 0 Å². The standard InChI is InChI=1S/C12H18O/c1-3-12(13)10(2)9-11-7-5-4-6-8-11/h1,9,11-13H,4-8H2,2H3. The summed E-state index contributed by atoms with van der Waals surface area (Å²) in [5.74, 6) is 2.99. The van der Waals surface area contributed by atoms with Crippen LogP contribution in [-0.4, -0.2) is 11.2 Å². The molecule has 0 aromatic carbocycles. The molecule has 0 aromatic heterocycles. The zero-order valence-electron chi connectivity index (χ0n) is 8.29. The molecule has 0 bridgehead atoms. The Kier molecular flexibility index (Phi) is 4.05. The minimum absolute atomic E-state index is 0.650. The SMILES string of the molecule is C#CC(O)C(C)=CC1CCCCC1. The van der Waals surface area contributed by atoms with Crippen molar-refractivity contribution >= 4 is 0 Å². The van der Waals surface area contributed by atoms with Gasteiger partial charge in [-0.1, -0.05) is 31.3 Å². The van der Waals surface area contributed by atoms with Gasteiger partial charge in [0.2, 0.25) is 0 Å². The van der Waals surface area contributed by atoms with Crippen molar-refractivity contribution in [2.24, 2.45) is 5.92 Å². The van der Waals surface area contributed by atoms with Crippen molar-refractivity contribution in [3.05, 3.63) is 11.6 Å². The van der Waals surface area contributed by atoms with Crippen molar-refractivity contribution < 1.29 is 5.11 Å². The maximum absolute atomic E-state index is 9.35. The first-order valence-electron chi connectivity index (χ1n) is 5.06. The van der Waals surface area contributed by atoms with Gasteiger partial charge in [0.1, 0.15) is 6.10 Å². The van der Waals surface area contributed by atoms with Gasteiger partial charge in [0.05, 0.1) is 0 Å². The predicted octanol–water partition coefficient (Wildman–Crippen LogP) is 2.51. The number of aliphatic hydroxyl groups is 1. The van der Waals surface area contributed by atoms with Crippen LogP contribution in [0.2, 0.25) is 0 Å². The Morgan fingerprint density at radius 1 is 1.46 bits per heavy atom. The lowest BCUT2D eigenvalue weighted by Crippen LogP contribution is -2.09. The van der Waals surface area contributed by atoms with Crippen molar-refractivity contribution in [3.63, 3.8) is 0 Å². The second-order valence-corrected chi connectivity index (χ2v) is 3.88. The third-order valence-corrected chi connectivity index (χ3v) is 2.74. The van der Waals surface area contributed by atoms with Gasteiger partial charge in [0.25, 0.3) is 0 Å². The fourth-order valence-electron chi connectivity index (χ4n) is 1.90. The number of rotatable bonds is 2. The largest absolute Gasteiger partial charge is 0.376 e. The van der Waals surface area contributed by atoms with Gasteiger partial charge in [0, 0.05) is 0 Å². The Morgan fingerprint density at radius 2 is 2.08 bits per heavy atom. The smallest absolute Gasteiger partial charge is 0.135 e. The molecule has 0 spiro atoms. The second kappa shape index (κ2) is 5.09. The van der Waals surface area contributed by atoms with Crippen molar-refractivity contribution in [1.29, 1.82) is 0 Å². The van der Waals surface area contributed by atoms with E-state index in [2.05, 4.69) is 12.0 Å². The Labute approximate surface area is 80.9 Å². The number of aliphatic hydroxyl groups excluding tert-OH is 1. The van der Waals surface area contributed by atoms with E-state index in [0.717, 1.165) is 5.57 Å². The summed E-state index contributed by atoms with van der Waals surface area (Å²) in [6, 6.07) is 0. The summed E-state index contributed by atoms with van der Waals surface area (Å²) in [7, 11) is 0. The molecule has 1 aliphatic rings. The number of terminal acetylenes is 1. The lowest BCUT2D eigenvalue weighted by Gasteiger charge is -2.19. The topological polar surface area (TPSA) is 20.2 Å². The van der Waals surface area contributed by atoms with Gasteiger partial charge in [-0.2, -0.15) is 0 Å². The van der Waals surface area contributed by atoms with Crippen LogP contribution in [0.3, 0.4) is 0 Å².